The van der Waals surface area contributed by atoms with E-state index in [1.807, 2.05) is 18.2 Å². The summed E-state index contributed by atoms with van der Waals surface area (Å²) in [5.41, 5.74) is 4.67. The lowest BCUT2D eigenvalue weighted by Gasteiger charge is -2.14. The van der Waals surface area contributed by atoms with Gasteiger partial charge in [0, 0.05) is 11.9 Å². The Morgan fingerprint density at radius 2 is 2.00 bits per heavy atom. The van der Waals surface area contributed by atoms with Gasteiger partial charge in [-0.15, -0.1) is 0 Å². The molecule has 0 bridgehead atoms. The van der Waals surface area contributed by atoms with E-state index < -0.39 is 0 Å². The Kier molecular flexibility index (Phi) is 3.73. The number of nitrogens with zero attached hydrogens (tertiary/aromatic N) is 3. The van der Waals surface area contributed by atoms with Gasteiger partial charge in [-0.05, 0) is 29.8 Å². The van der Waals surface area contributed by atoms with Crippen LogP contribution in [0.2, 0.25) is 0 Å². The maximum atomic E-state index is 12.9. The molecular weight excluding hydrogens is 275 g/mol. The second-order valence-corrected chi connectivity index (χ2v) is 5.03. The Balaban J connectivity index is 1.75. The summed E-state index contributed by atoms with van der Waals surface area (Å²) >= 11 is 1.54. The maximum Gasteiger partial charge on any atom is 0.184 e. The smallest absolute Gasteiger partial charge is 0.184 e. The third-order valence-electron chi connectivity index (χ3n) is 2.67. The number of halogens is 1. The molecule has 6 heteroatoms. The van der Waals surface area contributed by atoms with Crippen LogP contribution >= 0.6 is 11.8 Å². The van der Waals surface area contributed by atoms with Crippen LogP contribution in [0.15, 0.2) is 58.8 Å². The van der Waals surface area contributed by atoms with Crippen LogP contribution in [0, 0.1) is 5.82 Å². The summed E-state index contributed by atoms with van der Waals surface area (Å²) in [5, 5.41) is 4.98. The zero-order chi connectivity index (χ0) is 13.8. The van der Waals surface area contributed by atoms with E-state index in [2.05, 4.69) is 20.5 Å². The van der Waals surface area contributed by atoms with E-state index in [1.165, 1.54) is 23.9 Å². The van der Waals surface area contributed by atoms with Crippen molar-refractivity contribution in [2.75, 3.05) is 5.75 Å². The third-order valence-corrected chi connectivity index (χ3v) is 3.55. The molecule has 1 aliphatic rings. The first-order valence-electron chi connectivity index (χ1n) is 6.02. The summed E-state index contributed by atoms with van der Waals surface area (Å²) in [4.78, 5) is 8.48. The van der Waals surface area contributed by atoms with Crippen LogP contribution in [-0.4, -0.2) is 21.6 Å². The Hall–Kier alpha value is -2.21. The summed E-state index contributed by atoms with van der Waals surface area (Å²) in [6.45, 7) is 0. The van der Waals surface area contributed by atoms with Crippen molar-refractivity contribution in [3.63, 3.8) is 0 Å². The van der Waals surface area contributed by atoms with Gasteiger partial charge in [0.05, 0.1) is 5.71 Å². The fourth-order valence-corrected chi connectivity index (χ4v) is 2.46. The third kappa shape index (κ3) is 3.03. The number of aromatic nitrogens is 1. The summed E-state index contributed by atoms with van der Waals surface area (Å²) in [6, 6.07) is 11.9. The van der Waals surface area contributed by atoms with Gasteiger partial charge < -0.3 is 0 Å². The van der Waals surface area contributed by atoms with E-state index in [-0.39, 0.29) is 5.82 Å². The zero-order valence-corrected chi connectivity index (χ0v) is 11.3. The van der Waals surface area contributed by atoms with Crippen molar-refractivity contribution in [2.24, 2.45) is 10.1 Å². The average molecular weight is 286 g/mol. The SMILES string of the molecule is Fc1ccc(C2=NN/C(=N/c3ccccn3)SC2)cc1. The van der Waals surface area contributed by atoms with Crippen LogP contribution in [0.4, 0.5) is 10.2 Å². The van der Waals surface area contributed by atoms with Crippen molar-refractivity contribution in [1.29, 1.82) is 0 Å². The predicted molar refractivity (Wildman–Crippen MR) is 79.9 cm³/mol. The molecule has 0 amide bonds. The number of rotatable bonds is 2. The molecule has 0 unspecified atom stereocenters. The van der Waals surface area contributed by atoms with Gasteiger partial charge >= 0.3 is 0 Å². The summed E-state index contributed by atoms with van der Waals surface area (Å²) in [6.07, 6.45) is 1.69. The second-order valence-electron chi connectivity index (χ2n) is 4.07. The monoisotopic (exact) mass is 286 g/mol. The normalized spacial score (nSPS) is 16.6. The minimum absolute atomic E-state index is 0.247. The standard InChI is InChI=1S/C14H11FN4S/c15-11-6-4-10(5-7-11)12-9-20-14(19-18-12)17-13-3-1-2-8-16-13/h1-8H,9H2,(H,16,17,19). The fraction of sp³-hybridized carbons (Fsp3) is 0.0714. The molecule has 2 aromatic rings. The second kappa shape index (κ2) is 5.83. The molecule has 100 valence electrons. The van der Waals surface area contributed by atoms with Crippen molar-refractivity contribution >= 4 is 28.5 Å². The lowest BCUT2D eigenvalue weighted by atomic mass is 10.1. The molecule has 1 aromatic carbocycles. The first-order valence-corrected chi connectivity index (χ1v) is 7.01. The van der Waals surface area contributed by atoms with Crippen molar-refractivity contribution in [3.8, 4) is 0 Å². The van der Waals surface area contributed by atoms with E-state index >= 15 is 0 Å². The lowest BCUT2D eigenvalue weighted by Crippen LogP contribution is -2.25. The number of hydrazone groups is 1. The molecule has 1 aliphatic heterocycles. The predicted octanol–water partition coefficient (Wildman–Crippen LogP) is 2.95. The molecule has 0 atom stereocenters. The van der Waals surface area contributed by atoms with Gasteiger partial charge in [-0.1, -0.05) is 30.0 Å². The van der Waals surface area contributed by atoms with Gasteiger partial charge in [-0.2, -0.15) is 5.10 Å². The van der Waals surface area contributed by atoms with Crippen LogP contribution in [-0.2, 0) is 0 Å². The van der Waals surface area contributed by atoms with Crippen molar-refractivity contribution < 1.29 is 4.39 Å². The molecule has 0 saturated carbocycles. The van der Waals surface area contributed by atoms with E-state index in [1.54, 1.807) is 18.3 Å². The largest absolute Gasteiger partial charge is 0.255 e. The number of aliphatic imine (C=N–C) groups is 1. The van der Waals surface area contributed by atoms with Gasteiger partial charge in [0.1, 0.15) is 5.82 Å². The minimum Gasteiger partial charge on any atom is -0.255 e. The first kappa shape index (κ1) is 12.8. The molecular formula is C14H11FN4S. The van der Waals surface area contributed by atoms with Crippen molar-refractivity contribution in [2.45, 2.75) is 0 Å². The quantitative estimate of drug-likeness (QED) is 0.923. The molecule has 0 aliphatic carbocycles. The van der Waals surface area contributed by atoms with E-state index in [0.29, 0.717) is 16.7 Å². The molecule has 1 aromatic heterocycles. The Morgan fingerprint density at radius 3 is 2.65 bits per heavy atom. The highest BCUT2D eigenvalue weighted by molar-refractivity contribution is 8.14. The highest BCUT2D eigenvalue weighted by Crippen LogP contribution is 2.16. The Bertz CT molecular complexity index is 653. The lowest BCUT2D eigenvalue weighted by molar-refractivity contribution is 0.628. The molecule has 0 fully saturated rings. The number of hydrogen-bond acceptors (Lipinski definition) is 4. The van der Waals surface area contributed by atoms with Crippen molar-refractivity contribution in [3.05, 3.63) is 60.0 Å². The molecule has 3 rings (SSSR count). The summed E-state index contributed by atoms with van der Waals surface area (Å²) in [5.74, 6) is 1.08. The van der Waals surface area contributed by atoms with Gasteiger partial charge in [-0.3, -0.25) is 5.43 Å². The Labute approximate surface area is 119 Å². The van der Waals surface area contributed by atoms with Crippen LogP contribution < -0.4 is 5.43 Å². The van der Waals surface area contributed by atoms with Crippen molar-refractivity contribution in [1.82, 2.24) is 10.4 Å². The average Bonchev–Trinajstić information content (AvgIpc) is 2.50. The molecule has 1 N–H and O–H groups in total. The topological polar surface area (TPSA) is 49.6 Å². The first-order chi connectivity index (χ1) is 9.81. The van der Waals surface area contributed by atoms with E-state index in [4.69, 9.17) is 0 Å². The number of nitrogens with one attached hydrogen (secondary N) is 1. The molecule has 4 nitrogen and oxygen atoms in total. The number of amidine groups is 1. The number of hydrogen-bond donors (Lipinski definition) is 1. The highest BCUT2D eigenvalue weighted by atomic mass is 32.2. The van der Waals surface area contributed by atoms with Crippen LogP contribution in [0.5, 0.6) is 0 Å². The molecule has 0 saturated heterocycles. The van der Waals surface area contributed by atoms with E-state index in [0.717, 1.165) is 11.3 Å². The Morgan fingerprint density at radius 1 is 1.15 bits per heavy atom. The van der Waals surface area contributed by atoms with E-state index in [9.17, 15) is 4.39 Å². The number of thioether (sulfide) groups is 1. The number of pyridine rings is 1. The molecule has 20 heavy (non-hydrogen) atoms. The molecule has 0 spiro atoms. The van der Waals surface area contributed by atoms with Crippen LogP contribution in [0.1, 0.15) is 5.56 Å². The molecule has 0 radical (unpaired) electrons. The maximum absolute atomic E-state index is 12.9. The zero-order valence-electron chi connectivity index (χ0n) is 10.5. The molecule has 2 heterocycles. The van der Waals surface area contributed by atoms with Gasteiger partial charge in [0.2, 0.25) is 0 Å². The van der Waals surface area contributed by atoms with Crippen LogP contribution in [0.25, 0.3) is 0 Å². The van der Waals surface area contributed by atoms with Gasteiger partial charge in [-0.25, -0.2) is 14.4 Å². The van der Waals surface area contributed by atoms with Crippen LogP contribution in [0.3, 0.4) is 0 Å². The highest BCUT2D eigenvalue weighted by Gasteiger charge is 2.13. The minimum atomic E-state index is -0.247. The van der Waals surface area contributed by atoms with Gasteiger partial charge in [0.15, 0.2) is 11.0 Å². The summed E-state index contributed by atoms with van der Waals surface area (Å²) in [7, 11) is 0. The summed E-state index contributed by atoms with van der Waals surface area (Å²) < 4.78 is 12.9. The van der Waals surface area contributed by atoms with Gasteiger partial charge in [0.25, 0.3) is 0 Å². The fourth-order valence-electron chi connectivity index (χ4n) is 1.69. The number of benzene rings is 1.